The second kappa shape index (κ2) is 6.14. The van der Waals surface area contributed by atoms with E-state index in [1.807, 2.05) is 12.3 Å². The van der Waals surface area contributed by atoms with Crippen LogP contribution in [0.1, 0.15) is 30.7 Å². The Bertz CT molecular complexity index is 722. The van der Waals surface area contributed by atoms with E-state index in [1.165, 1.54) is 4.88 Å². The number of aromatic nitrogens is 1. The molecule has 3 aromatic rings. The minimum absolute atomic E-state index is 0.316. The third kappa shape index (κ3) is 2.85. The fraction of sp³-hybridized carbons (Fsp3) is 0.235. The monoisotopic (exact) mass is 297 g/mol. The molecule has 0 amide bonds. The van der Waals surface area contributed by atoms with E-state index in [1.54, 1.807) is 17.5 Å². The molecule has 1 unspecified atom stereocenters. The standard InChI is InChI=1S/C17H19N3S/c1-2-4-14(16-5-3-10-21-16)20-15-7-6-12-11-19-9-8-13(12)17(15)18/h3,5-11,14,20H,2,4,18H2,1H3. The first-order valence-electron chi connectivity index (χ1n) is 7.21. The van der Waals surface area contributed by atoms with Crippen LogP contribution < -0.4 is 11.1 Å². The number of nitrogens with one attached hydrogen (secondary N) is 1. The zero-order valence-electron chi connectivity index (χ0n) is 12.0. The molecule has 3 rings (SSSR count). The molecule has 0 spiro atoms. The molecule has 1 aromatic carbocycles. The van der Waals surface area contributed by atoms with E-state index in [0.717, 1.165) is 35.0 Å². The van der Waals surface area contributed by atoms with E-state index in [4.69, 9.17) is 5.73 Å². The van der Waals surface area contributed by atoms with Crippen LogP contribution in [0.2, 0.25) is 0 Å². The van der Waals surface area contributed by atoms with E-state index >= 15 is 0 Å². The molecule has 3 N–H and O–H groups in total. The van der Waals surface area contributed by atoms with Gasteiger partial charge in [0, 0.05) is 28.0 Å². The first-order valence-corrected chi connectivity index (χ1v) is 8.09. The van der Waals surface area contributed by atoms with Gasteiger partial charge in [0.05, 0.1) is 17.4 Å². The second-order valence-corrected chi connectivity index (χ2v) is 6.10. The number of rotatable bonds is 5. The molecule has 0 bridgehead atoms. The molecule has 1 atom stereocenters. The van der Waals surface area contributed by atoms with E-state index < -0.39 is 0 Å². The summed E-state index contributed by atoms with van der Waals surface area (Å²) in [5, 5.41) is 7.85. The smallest absolute Gasteiger partial charge is 0.0630 e. The summed E-state index contributed by atoms with van der Waals surface area (Å²) in [5.74, 6) is 0. The lowest BCUT2D eigenvalue weighted by Gasteiger charge is -2.20. The number of pyridine rings is 1. The molecule has 0 saturated heterocycles. The summed E-state index contributed by atoms with van der Waals surface area (Å²) in [4.78, 5) is 5.49. The molecule has 2 aromatic heterocycles. The van der Waals surface area contributed by atoms with E-state index in [9.17, 15) is 0 Å². The van der Waals surface area contributed by atoms with E-state index in [-0.39, 0.29) is 0 Å². The van der Waals surface area contributed by atoms with Crippen molar-refractivity contribution in [2.24, 2.45) is 0 Å². The largest absolute Gasteiger partial charge is 0.397 e. The minimum Gasteiger partial charge on any atom is -0.397 e. The highest BCUT2D eigenvalue weighted by molar-refractivity contribution is 7.10. The molecule has 108 valence electrons. The molecule has 3 nitrogen and oxygen atoms in total. The van der Waals surface area contributed by atoms with Crippen molar-refractivity contribution in [1.29, 1.82) is 0 Å². The number of benzene rings is 1. The minimum atomic E-state index is 0.316. The van der Waals surface area contributed by atoms with Crippen LogP contribution in [0.15, 0.2) is 48.1 Å². The Morgan fingerprint density at radius 3 is 2.95 bits per heavy atom. The van der Waals surface area contributed by atoms with Crippen LogP contribution in [0.25, 0.3) is 10.8 Å². The lowest BCUT2D eigenvalue weighted by Crippen LogP contribution is -2.10. The van der Waals surface area contributed by atoms with Crippen LogP contribution in [0.4, 0.5) is 11.4 Å². The molecule has 4 heteroatoms. The summed E-state index contributed by atoms with van der Waals surface area (Å²) in [5.41, 5.74) is 8.13. The lowest BCUT2D eigenvalue weighted by molar-refractivity contribution is 0.688. The maximum absolute atomic E-state index is 6.33. The Labute approximate surface area is 128 Å². The predicted molar refractivity (Wildman–Crippen MR) is 91.7 cm³/mol. The summed E-state index contributed by atoms with van der Waals surface area (Å²) in [7, 11) is 0. The second-order valence-electron chi connectivity index (χ2n) is 5.12. The maximum atomic E-state index is 6.33. The summed E-state index contributed by atoms with van der Waals surface area (Å²) in [6.45, 7) is 2.21. The maximum Gasteiger partial charge on any atom is 0.0630 e. The summed E-state index contributed by atoms with van der Waals surface area (Å²) in [6, 6.07) is 10.7. The van der Waals surface area contributed by atoms with Gasteiger partial charge in [-0.2, -0.15) is 0 Å². The van der Waals surface area contributed by atoms with Crippen molar-refractivity contribution in [3.63, 3.8) is 0 Å². The van der Waals surface area contributed by atoms with Crippen LogP contribution in [0.3, 0.4) is 0 Å². The summed E-state index contributed by atoms with van der Waals surface area (Å²) in [6.07, 6.45) is 5.85. The topological polar surface area (TPSA) is 50.9 Å². The van der Waals surface area contributed by atoms with Crippen LogP contribution in [-0.2, 0) is 0 Å². The lowest BCUT2D eigenvalue weighted by atomic mass is 10.1. The predicted octanol–water partition coefficient (Wildman–Crippen LogP) is 4.83. The summed E-state index contributed by atoms with van der Waals surface area (Å²) < 4.78 is 0. The van der Waals surface area contributed by atoms with Crippen molar-refractivity contribution in [3.8, 4) is 0 Å². The van der Waals surface area contributed by atoms with Gasteiger partial charge in [0.15, 0.2) is 0 Å². The number of hydrogen-bond acceptors (Lipinski definition) is 4. The number of nitrogens with two attached hydrogens (primary N) is 1. The molecular formula is C17H19N3S. The van der Waals surface area contributed by atoms with Crippen LogP contribution >= 0.6 is 11.3 Å². The van der Waals surface area contributed by atoms with Crippen LogP contribution in [0.5, 0.6) is 0 Å². The molecule has 2 heterocycles. The van der Waals surface area contributed by atoms with Gasteiger partial charge in [-0.3, -0.25) is 4.98 Å². The van der Waals surface area contributed by atoms with Crippen LogP contribution in [0, 0.1) is 0 Å². The molecule has 0 aliphatic rings. The first kappa shape index (κ1) is 13.9. The fourth-order valence-corrected chi connectivity index (χ4v) is 3.38. The van der Waals surface area contributed by atoms with Crippen molar-refractivity contribution in [2.75, 3.05) is 11.1 Å². The zero-order valence-corrected chi connectivity index (χ0v) is 12.9. The Morgan fingerprint density at radius 2 is 2.19 bits per heavy atom. The Balaban J connectivity index is 1.94. The Hall–Kier alpha value is -2.07. The summed E-state index contributed by atoms with van der Waals surface area (Å²) >= 11 is 1.79. The van der Waals surface area contributed by atoms with Crippen molar-refractivity contribution in [1.82, 2.24) is 4.98 Å². The van der Waals surface area contributed by atoms with Gasteiger partial charge in [-0.1, -0.05) is 25.5 Å². The molecule has 0 radical (unpaired) electrons. The van der Waals surface area contributed by atoms with Crippen molar-refractivity contribution >= 4 is 33.5 Å². The highest BCUT2D eigenvalue weighted by Gasteiger charge is 2.13. The number of nitrogens with zero attached hydrogens (tertiary/aromatic N) is 1. The number of nitrogen functional groups attached to an aromatic ring is 1. The normalized spacial score (nSPS) is 12.4. The molecule has 21 heavy (non-hydrogen) atoms. The van der Waals surface area contributed by atoms with Crippen molar-refractivity contribution in [2.45, 2.75) is 25.8 Å². The van der Waals surface area contributed by atoms with E-state index in [0.29, 0.717) is 6.04 Å². The highest BCUT2D eigenvalue weighted by atomic mass is 32.1. The quantitative estimate of drug-likeness (QED) is 0.663. The average molecular weight is 297 g/mol. The zero-order chi connectivity index (χ0) is 14.7. The number of hydrogen-bond donors (Lipinski definition) is 2. The molecule has 0 saturated carbocycles. The SMILES string of the molecule is CCCC(Nc1ccc2cnccc2c1N)c1cccs1. The van der Waals surface area contributed by atoms with Gasteiger partial charge < -0.3 is 11.1 Å². The van der Waals surface area contributed by atoms with Gasteiger partial charge >= 0.3 is 0 Å². The third-order valence-corrected chi connectivity index (χ3v) is 4.64. The van der Waals surface area contributed by atoms with Gasteiger partial charge in [-0.25, -0.2) is 0 Å². The van der Waals surface area contributed by atoms with Gasteiger partial charge in [0.25, 0.3) is 0 Å². The average Bonchev–Trinajstić information content (AvgIpc) is 3.04. The van der Waals surface area contributed by atoms with Crippen LogP contribution in [-0.4, -0.2) is 4.98 Å². The number of thiophene rings is 1. The molecular weight excluding hydrogens is 278 g/mol. The first-order chi connectivity index (χ1) is 10.3. The number of anilines is 2. The van der Waals surface area contributed by atoms with Crippen molar-refractivity contribution < 1.29 is 0 Å². The Kier molecular flexibility index (Phi) is 4.06. The molecule has 0 fully saturated rings. The fourth-order valence-electron chi connectivity index (χ4n) is 2.57. The van der Waals surface area contributed by atoms with Crippen molar-refractivity contribution in [3.05, 3.63) is 53.0 Å². The molecule has 0 aliphatic carbocycles. The van der Waals surface area contributed by atoms with Gasteiger partial charge in [-0.05, 0) is 30.0 Å². The third-order valence-electron chi connectivity index (χ3n) is 3.66. The van der Waals surface area contributed by atoms with Gasteiger partial charge in [0.2, 0.25) is 0 Å². The Morgan fingerprint density at radius 1 is 1.29 bits per heavy atom. The van der Waals surface area contributed by atoms with Gasteiger partial charge in [0.1, 0.15) is 0 Å². The van der Waals surface area contributed by atoms with E-state index in [2.05, 4.69) is 46.9 Å². The van der Waals surface area contributed by atoms with Gasteiger partial charge in [-0.15, -0.1) is 11.3 Å². The highest BCUT2D eigenvalue weighted by Crippen LogP contribution is 2.33. The number of fused-ring (bicyclic) bond motifs is 1. The molecule has 0 aliphatic heterocycles.